The fourth-order valence-corrected chi connectivity index (χ4v) is 2.79. The van der Waals surface area contributed by atoms with Crippen molar-refractivity contribution in [3.8, 4) is 0 Å². The molecule has 2 rings (SSSR count). The summed E-state index contributed by atoms with van der Waals surface area (Å²) in [5.74, 6) is -1.61. The van der Waals surface area contributed by atoms with Gasteiger partial charge in [0.15, 0.2) is 0 Å². The SMILES string of the molecule is O=C(O)C(c1ccc(C(F)(F)F)cc1)C1CCCC1. The van der Waals surface area contributed by atoms with Crippen molar-refractivity contribution < 1.29 is 23.1 Å². The summed E-state index contributed by atoms with van der Waals surface area (Å²) in [5.41, 5.74) is -0.279. The maximum absolute atomic E-state index is 12.5. The quantitative estimate of drug-likeness (QED) is 0.900. The Morgan fingerprint density at radius 2 is 1.68 bits per heavy atom. The summed E-state index contributed by atoms with van der Waals surface area (Å²) in [6.45, 7) is 0. The van der Waals surface area contributed by atoms with Crippen molar-refractivity contribution >= 4 is 5.97 Å². The molecule has 1 aromatic carbocycles. The third-order valence-electron chi connectivity index (χ3n) is 3.73. The van der Waals surface area contributed by atoms with Crippen molar-refractivity contribution in [2.75, 3.05) is 0 Å². The molecule has 0 amide bonds. The third kappa shape index (κ3) is 3.08. The standard InChI is InChI=1S/C14H15F3O2/c15-14(16,17)11-7-5-10(6-8-11)12(13(18)19)9-3-1-2-4-9/h5-9,12H,1-4H2,(H,18,19). The van der Waals surface area contributed by atoms with Gasteiger partial charge in [-0.3, -0.25) is 4.79 Å². The van der Waals surface area contributed by atoms with Crippen LogP contribution >= 0.6 is 0 Å². The van der Waals surface area contributed by atoms with E-state index in [1.165, 1.54) is 12.1 Å². The van der Waals surface area contributed by atoms with Crippen LogP contribution in [0.3, 0.4) is 0 Å². The maximum atomic E-state index is 12.5. The van der Waals surface area contributed by atoms with Crippen LogP contribution in [-0.4, -0.2) is 11.1 Å². The molecule has 2 nitrogen and oxygen atoms in total. The molecule has 19 heavy (non-hydrogen) atoms. The third-order valence-corrected chi connectivity index (χ3v) is 3.73. The van der Waals surface area contributed by atoms with E-state index in [0.717, 1.165) is 37.8 Å². The van der Waals surface area contributed by atoms with E-state index in [2.05, 4.69) is 0 Å². The van der Waals surface area contributed by atoms with E-state index in [1.807, 2.05) is 0 Å². The van der Waals surface area contributed by atoms with Gasteiger partial charge in [-0.15, -0.1) is 0 Å². The van der Waals surface area contributed by atoms with Crippen LogP contribution in [0.15, 0.2) is 24.3 Å². The first kappa shape index (κ1) is 13.9. The first-order valence-corrected chi connectivity index (χ1v) is 6.29. The molecule has 0 radical (unpaired) electrons. The monoisotopic (exact) mass is 272 g/mol. The highest BCUT2D eigenvalue weighted by atomic mass is 19.4. The van der Waals surface area contributed by atoms with Gasteiger partial charge in [0.2, 0.25) is 0 Å². The molecule has 1 fully saturated rings. The predicted molar refractivity (Wildman–Crippen MR) is 63.8 cm³/mol. The average Bonchev–Trinajstić information content (AvgIpc) is 2.82. The van der Waals surface area contributed by atoms with Gasteiger partial charge in [0.1, 0.15) is 0 Å². The Labute approximate surface area is 109 Å². The Hall–Kier alpha value is -1.52. The van der Waals surface area contributed by atoms with Crippen molar-refractivity contribution in [2.24, 2.45) is 5.92 Å². The van der Waals surface area contributed by atoms with Crippen LogP contribution in [0.2, 0.25) is 0 Å². The van der Waals surface area contributed by atoms with Gasteiger partial charge in [-0.25, -0.2) is 0 Å². The molecule has 0 aliphatic heterocycles. The molecule has 0 aromatic heterocycles. The number of hydrogen-bond donors (Lipinski definition) is 1. The zero-order valence-corrected chi connectivity index (χ0v) is 10.3. The second-order valence-electron chi connectivity index (χ2n) is 4.98. The van der Waals surface area contributed by atoms with Crippen LogP contribution in [0.1, 0.15) is 42.7 Å². The van der Waals surface area contributed by atoms with Crippen molar-refractivity contribution in [1.82, 2.24) is 0 Å². The molecule has 0 spiro atoms. The number of carboxylic acids is 1. The predicted octanol–water partition coefficient (Wildman–Crippen LogP) is 4.06. The minimum Gasteiger partial charge on any atom is -0.481 e. The Morgan fingerprint density at radius 1 is 1.16 bits per heavy atom. The van der Waals surface area contributed by atoms with Crippen molar-refractivity contribution in [2.45, 2.75) is 37.8 Å². The van der Waals surface area contributed by atoms with E-state index >= 15 is 0 Å². The van der Waals surface area contributed by atoms with E-state index in [9.17, 15) is 23.1 Å². The van der Waals surface area contributed by atoms with Crippen LogP contribution < -0.4 is 0 Å². The van der Waals surface area contributed by atoms with E-state index in [-0.39, 0.29) is 5.92 Å². The number of aliphatic carboxylic acids is 1. The van der Waals surface area contributed by atoms with Crippen LogP contribution in [0.4, 0.5) is 13.2 Å². The largest absolute Gasteiger partial charge is 0.481 e. The topological polar surface area (TPSA) is 37.3 Å². The number of alkyl halides is 3. The molecule has 1 saturated carbocycles. The first-order chi connectivity index (χ1) is 8.89. The average molecular weight is 272 g/mol. The van der Waals surface area contributed by atoms with Gasteiger partial charge in [0.05, 0.1) is 11.5 Å². The van der Waals surface area contributed by atoms with Crippen LogP contribution in [0.25, 0.3) is 0 Å². The van der Waals surface area contributed by atoms with E-state index in [0.29, 0.717) is 5.56 Å². The summed E-state index contributed by atoms with van der Waals surface area (Å²) in [4.78, 5) is 11.3. The number of carboxylic acid groups (broad SMARTS) is 1. The Morgan fingerprint density at radius 3 is 2.11 bits per heavy atom. The van der Waals surface area contributed by atoms with Crippen LogP contribution in [0.5, 0.6) is 0 Å². The lowest BCUT2D eigenvalue weighted by atomic mass is 9.84. The molecule has 0 heterocycles. The first-order valence-electron chi connectivity index (χ1n) is 6.29. The van der Waals surface area contributed by atoms with Gasteiger partial charge >= 0.3 is 12.1 Å². The highest BCUT2D eigenvalue weighted by molar-refractivity contribution is 5.76. The summed E-state index contributed by atoms with van der Waals surface area (Å²) < 4.78 is 37.4. The lowest BCUT2D eigenvalue weighted by molar-refractivity contribution is -0.140. The van der Waals surface area contributed by atoms with Crippen LogP contribution in [0, 0.1) is 5.92 Å². The highest BCUT2D eigenvalue weighted by Crippen LogP contribution is 2.38. The summed E-state index contributed by atoms with van der Waals surface area (Å²) in [5, 5.41) is 9.29. The summed E-state index contributed by atoms with van der Waals surface area (Å²) in [6, 6.07) is 4.50. The van der Waals surface area contributed by atoms with Gasteiger partial charge in [0.25, 0.3) is 0 Å². The Kier molecular flexibility index (Phi) is 3.83. The fourth-order valence-electron chi connectivity index (χ4n) is 2.79. The molecule has 0 saturated heterocycles. The zero-order chi connectivity index (χ0) is 14.0. The molecule has 104 valence electrons. The molecule has 1 aromatic rings. The normalized spacial score (nSPS) is 18.5. The van der Waals surface area contributed by atoms with Crippen molar-refractivity contribution in [3.63, 3.8) is 0 Å². The Bertz CT molecular complexity index is 445. The van der Waals surface area contributed by atoms with Gasteiger partial charge in [-0.05, 0) is 36.5 Å². The molecule has 1 aliphatic carbocycles. The molecular weight excluding hydrogens is 257 g/mol. The summed E-state index contributed by atoms with van der Waals surface area (Å²) >= 11 is 0. The molecule has 1 N–H and O–H groups in total. The lowest BCUT2D eigenvalue weighted by Crippen LogP contribution is -2.19. The summed E-state index contributed by atoms with van der Waals surface area (Å²) in [7, 11) is 0. The van der Waals surface area contributed by atoms with Gasteiger partial charge in [-0.1, -0.05) is 25.0 Å². The molecule has 5 heteroatoms. The Balaban J connectivity index is 2.25. The number of halogens is 3. The van der Waals surface area contributed by atoms with E-state index in [4.69, 9.17) is 0 Å². The fraction of sp³-hybridized carbons (Fsp3) is 0.500. The number of rotatable bonds is 3. The lowest BCUT2D eigenvalue weighted by Gasteiger charge is -2.20. The molecule has 1 atom stereocenters. The minimum absolute atomic E-state index is 0.0363. The number of hydrogen-bond acceptors (Lipinski definition) is 1. The zero-order valence-electron chi connectivity index (χ0n) is 10.3. The number of benzene rings is 1. The van der Waals surface area contributed by atoms with Gasteiger partial charge in [-0.2, -0.15) is 13.2 Å². The highest BCUT2D eigenvalue weighted by Gasteiger charge is 2.34. The second kappa shape index (κ2) is 5.23. The van der Waals surface area contributed by atoms with Gasteiger partial charge < -0.3 is 5.11 Å². The molecule has 1 unspecified atom stereocenters. The number of carbonyl (C=O) groups is 1. The second-order valence-corrected chi connectivity index (χ2v) is 4.98. The van der Waals surface area contributed by atoms with Crippen molar-refractivity contribution in [3.05, 3.63) is 35.4 Å². The molecule has 0 bridgehead atoms. The van der Waals surface area contributed by atoms with E-state index < -0.39 is 23.6 Å². The van der Waals surface area contributed by atoms with Gasteiger partial charge in [0, 0.05) is 0 Å². The molecular formula is C14H15F3O2. The smallest absolute Gasteiger partial charge is 0.416 e. The molecule has 1 aliphatic rings. The van der Waals surface area contributed by atoms with Crippen LogP contribution in [-0.2, 0) is 11.0 Å². The van der Waals surface area contributed by atoms with E-state index in [1.54, 1.807) is 0 Å². The minimum atomic E-state index is -4.38. The maximum Gasteiger partial charge on any atom is 0.416 e. The summed E-state index contributed by atoms with van der Waals surface area (Å²) in [6.07, 6.45) is -0.731. The van der Waals surface area contributed by atoms with Crippen molar-refractivity contribution in [1.29, 1.82) is 0 Å².